The monoisotopic (exact) mass is 296 g/mol. The second kappa shape index (κ2) is 6.94. The van der Waals surface area contributed by atoms with Gasteiger partial charge in [-0.05, 0) is 42.7 Å². The molecule has 0 aliphatic heterocycles. The topological polar surface area (TPSA) is 35.5 Å². The van der Waals surface area contributed by atoms with Crippen molar-refractivity contribution < 1.29 is 14.3 Å². The molecule has 0 fully saturated rings. The molecule has 2 aromatic carbocycles. The van der Waals surface area contributed by atoms with Gasteiger partial charge in [0, 0.05) is 0 Å². The van der Waals surface area contributed by atoms with Crippen molar-refractivity contribution in [2.45, 2.75) is 13.8 Å². The highest BCUT2D eigenvalue weighted by Crippen LogP contribution is 2.34. The predicted octanol–water partition coefficient (Wildman–Crippen LogP) is 4.22. The van der Waals surface area contributed by atoms with Crippen LogP contribution in [0.2, 0.25) is 0 Å². The number of ether oxygens (including phenoxy) is 2. The fourth-order valence-electron chi connectivity index (χ4n) is 2.34. The summed E-state index contributed by atoms with van der Waals surface area (Å²) < 4.78 is 10.7. The van der Waals surface area contributed by atoms with Crippen molar-refractivity contribution in [3.8, 4) is 11.5 Å². The van der Waals surface area contributed by atoms with Crippen LogP contribution >= 0.6 is 0 Å². The van der Waals surface area contributed by atoms with E-state index in [9.17, 15) is 4.79 Å². The van der Waals surface area contributed by atoms with Crippen LogP contribution in [-0.2, 0) is 0 Å². The molecule has 0 N–H and O–H groups in total. The van der Waals surface area contributed by atoms with Gasteiger partial charge in [-0.25, -0.2) is 0 Å². The number of benzene rings is 2. The van der Waals surface area contributed by atoms with Gasteiger partial charge in [0.15, 0.2) is 17.3 Å². The summed E-state index contributed by atoms with van der Waals surface area (Å²) in [5.41, 5.74) is 3.57. The Bertz CT molecular complexity index is 715. The largest absolute Gasteiger partial charge is 0.493 e. The van der Waals surface area contributed by atoms with E-state index in [0.717, 1.165) is 16.7 Å². The maximum absolute atomic E-state index is 12.5. The second-order valence-corrected chi connectivity index (χ2v) is 5.05. The van der Waals surface area contributed by atoms with Gasteiger partial charge < -0.3 is 9.47 Å². The zero-order valence-electron chi connectivity index (χ0n) is 13.3. The number of allylic oxidation sites excluding steroid dienone is 1. The number of carbonyl (C=O) groups excluding carboxylic acids is 1. The number of hydrogen-bond donors (Lipinski definition) is 0. The number of hydrogen-bond acceptors (Lipinski definition) is 3. The average molecular weight is 296 g/mol. The Morgan fingerprint density at radius 2 is 1.59 bits per heavy atom. The van der Waals surface area contributed by atoms with Crippen LogP contribution in [-0.4, -0.2) is 20.0 Å². The van der Waals surface area contributed by atoms with E-state index >= 15 is 0 Å². The fraction of sp³-hybridized carbons (Fsp3) is 0.211. The summed E-state index contributed by atoms with van der Waals surface area (Å²) in [5, 5.41) is 0. The van der Waals surface area contributed by atoms with Crippen molar-refractivity contribution in [1.82, 2.24) is 0 Å². The average Bonchev–Trinajstić information content (AvgIpc) is 2.53. The van der Waals surface area contributed by atoms with Crippen molar-refractivity contribution in [2.75, 3.05) is 14.2 Å². The third kappa shape index (κ3) is 3.19. The van der Waals surface area contributed by atoms with Crippen LogP contribution in [0.4, 0.5) is 0 Å². The van der Waals surface area contributed by atoms with E-state index in [2.05, 4.69) is 0 Å². The molecular weight excluding hydrogens is 276 g/mol. The van der Waals surface area contributed by atoms with Crippen LogP contribution in [0.25, 0.3) is 6.08 Å². The predicted molar refractivity (Wildman–Crippen MR) is 88.8 cm³/mol. The smallest absolute Gasteiger partial charge is 0.189 e. The zero-order chi connectivity index (χ0) is 16.1. The number of aryl methyl sites for hydroxylation is 2. The molecule has 2 aromatic rings. The highest BCUT2D eigenvalue weighted by atomic mass is 16.5. The molecule has 0 aliphatic rings. The zero-order valence-corrected chi connectivity index (χ0v) is 13.3. The summed E-state index contributed by atoms with van der Waals surface area (Å²) in [6.45, 7) is 3.93. The first kappa shape index (κ1) is 15.8. The Labute approximate surface area is 131 Å². The minimum atomic E-state index is -0.113. The molecule has 0 heterocycles. The highest BCUT2D eigenvalue weighted by Gasteiger charge is 2.16. The Kier molecular flexibility index (Phi) is 4.99. The lowest BCUT2D eigenvalue weighted by Crippen LogP contribution is -2.02. The standard InChI is InChI=1S/C19H20O3/c1-13-7-5-6-8-15(13)10-12-17(20)16-11-9-14(2)18(21-3)19(16)22-4/h5-12H,1-4H3/b12-10+. The van der Waals surface area contributed by atoms with E-state index in [1.165, 1.54) is 0 Å². The first-order chi connectivity index (χ1) is 10.6. The lowest BCUT2D eigenvalue weighted by Gasteiger charge is -2.13. The lowest BCUT2D eigenvalue weighted by atomic mass is 10.0. The summed E-state index contributed by atoms with van der Waals surface area (Å²) in [6, 6.07) is 11.5. The minimum absolute atomic E-state index is 0.113. The van der Waals surface area contributed by atoms with E-state index < -0.39 is 0 Å². The summed E-state index contributed by atoms with van der Waals surface area (Å²) in [5.74, 6) is 0.956. The van der Waals surface area contributed by atoms with Gasteiger partial charge in [0.05, 0.1) is 19.8 Å². The molecule has 0 spiro atoms. The molecular formula is C19H20O3. The van der Waals surface area contributed by atoms with Crippen LogP contribution in [0.5, 0.6) is 11.5 Å². The SMILES string of the molecule is COc1c(C)ccc(C(=O)/C=C/c2ccccc2C)c1OC. The molecule has 0 aromatic heterocycles. The molecule has 0 saturated carbocycles. The molecule has 0 aliphatic carbocycles. The molecule has 0 amide bonds. The van der Waals surface area contributed by atoms with Gasteiger partial charge in [0.1, 0.15) is 0 Å². The molecule has 0 atom stereocenters. The second-order valence-electron chi connectivity index (χ2n) is 5.05. The Morgan fingerprint density at radius 1 is 0.909 bits per heavy atom. The molecule has 0 bridgehead atoms. The van der Waals surface area contributed by atoms with E-state index in [1.54, 1.807) is 26.4 Å². The van der Waals surface area contributed by atoms with Gasteiger partial charge in [-0.15, -0.1) is 0 Å². The third-order valence-corrected chi connectivity index (χ3v) is 3.59. The lowest BCUT2D eigenvalue weighted by molar-refractivity contribution is 0.104. The van der Waals surface area contributed by atoms with Gasteiger partial charge in [0.2, 0.25) is 0 Å². The van der Waals surface area contributed by atoms with Crippen molar-refractivity contribution in [3.63, 3.8) is 0 Å². The Morgan fingerprint density at radius 3 is 2.23 bits per heavy atom. The van der Waals surface area contributed by atoms with Gasteiger partial charge in [-0.3, -0.25) is 4.79 Å². The quantitative estimate of drug-likeness (QED) is 0.612. The summed E-state index contributed by atoms with van der Waals surface area (Å²) in [4.78, 5) is 12.5. The summed E-state index contributed by atoms with van der Waals surface area (Å²) in [7, 11) is 3.11. The van der Waals surface area contributed by atoms with Crippen molar-refractivity contribution in [2.24, 2.45) is 0 Å². The maximum Gasteiger partial charge on any atom is 0.189 e. The summed E-state index contributed by atoms with van der Waals surface area (Å²) in [6.07, 6.45) is 3.39. The van der Waals surface area contributed by atoms with E-state index in [4.69, 9.17) is 9.47 Å². The van der Waals surface area contributed by atoms with E-state index in [1.807, 2.05) is 50.3 Å². The Balaban J connectivity index is 2.36. The third-order valence-electron chi connectivity index (χ3n) is 3.59. The van der Waals surface area contributed by atoms with Crippen molar-refractivity contribution >= 4 is 11.9 Å². The first-order valence-electron chi connectivity index (χ1n) is 7.08. The Hall–Kier alpha value is -2.55. The van der Waals surface area contributed by atoms with Crippen molar-refractivity contribution in [3.05, 3.63) is 64.7 Å². The molecule has 0 saturated heterocycles. The molecule has 114 valence electrons. The number of carbonyl (C=O) groups is 1. The molecule has 2 rings (SSSR count). The van der Waals surface area contributed by atoms with Gasteiger partial charge in [0.25, 0.3) is 0 Å². The molecule has 3 nitrogen and oxygen atoms in total. The maximum atomic E-state index is 12.5. The van der Waals surface area contributed by atoms with Gasteiger partial charge >= 0.3 is 0 Å². The number of rotatable bonds is 5. The first-order valence-corrected chi connectivity index (χ1v) is 7.08. The molecule has 0 unspecified atom stereocenters. The van der Waals surface area contributed by atoms with Crippen molar-refractivity contribution in [1.29, 1.82) is 0 Å². The molecule has 0 radical (unpaired) electrons. The number of methoxy groups -OCH3 is 2. The number of ketones is 1. The minimum Gasteiger partial charge on any atom is -0.493 e. The van der Waals surface area contributed by atoms with Gasteiger partial charge in [-0.1, -0.05) is 36.4 Å². The van der Waals surface area contributed by atoms with E-state index in [0.29, 0.717) is 17.1 Å². The summed E-state index contributed by atoms with van der Waals surface area (Å²) >= 11 is 0. The fourth-order valence-corrected chi connectivity index (χ4v) is 2.34. The normalized spacial score (nSPS) is 10.7. The highest BCUT2D eigenvalue weighted by molar-refractivity contribution is 6.09. The molecule has 3 heteroatoms. The van der Waals surface area contributed by atoms with E-state index in [-0.39, 0.29) is 5.78 Å². The van der Waals surface area contributed by atoms with Gasteiger partial charge in [-0.2, -0.15) is 0 Å². The van der Waals surface area contributed by atoms with Crippen LogP contribution in [0.1, 0.15) is 27.0 Å². The van der Waals surface area contributed by atoms with Crippen LogP contribution < -0.4 is 9.47 Å². The van der Waals surface area contributed by atoms with Crippen LogP contribution in [0.3, 0.4) is 0 Å². The molecule has 22 heavy (non-hydrogen) atoms. The van der Waals surface area contributed by atoms with Crippen LogP contribution in [0.15, 0.2) is 42.5 Å². The van der Waals surface area contributed by atoms with Crippen LogP contribution in [0, 0.1) is 13.8 Å².